The molecule has 0 aliphatic rings. The molecular weight excluding hydrogens is 270 g/mol. The van der Waals surface area contributed by atoms with Crippen molar-refractivity contribution in [2.24, 2.45) is 7.05 Å². The Hall–Kier alpha value is -1.87. The van der Waals surface area contributed by atoms with E-state index in [9.17, 15) is 5.26 Å². The van der Waals surface area contributed by atoms with Crippen LogP contribution in [0.3, 0.4) is 0 Å². The number of rotatable bonds is 4. The van der Waals surface area contributed by atoms with Crippen LogP contribution in [0, 0.1) is 18.3 Å². The van der Waals surface area contributed by atoms with Gasteiger partial charge in [0.1, 0.15) is 16.1 Å². The summed E-state index contributed by atoms with van der Waals surface area (Å²) in [7, 11) is 1.88. The Morgan fingerprint density at radius 1 is 1.30 bits per heavy atom. The number of aromatic nitrogens is 4. The van der Waals surface area contributed by atoms with Crippen LogP contribution in [0.1, 0.15) is 36.4 Å². The lowest BCUT2D eigenvalue weighted by Gasteiger charge is -2.09. The SMILES string of the molecule is CCc1nnc(Sc2cc(C)nn2C)c(C#N)c1CC. The summed E-state index contributed by atoms with van der Waals surface area (Å²) < 4.78 is 1.79. The van der Waals surface area contributed by atoms with Gasteiger partial charge in [0.25, 0.3) is 0 Å². The van der Waals surface area contributed by atoms with Crippen molar-refractivity contribution in [1.82, 2.24) is 20.0 Å². The van der Waals surface area contributed by atoms with Crippen LogP contribution in [0.4, 0.5) is 0 Å². The third kappa shape index (κ3) is 2.68. The monoisotopic (exact) mass is 287 g/mol. The average Bonchev–Trinajstić information content (AvgIpc) is 2.76. The van der Waals surface area contributed by atoms with Crippen molar-refractivity contribution >= 4 is 11.8 Å². The molecule has 0 radical (unpaired) electrons. The summed E-state index contributed by atoms with van der Waals surface area (Å²) in [4.78, 5) is 0. The lowest BCUT2D eigenvalue weighted by Crippen LogP contribution is -2.05. The Bertz CT molecular complexity index is 669. The zero-order valence-electron chi connectivity index (χ0n) is 12.1. The second-order valence-corrected chi connectivity index (χ2v) is 5.48. The summed E-state index contributed by atoms with van der Waals surface area (Å²) in [6.07, 6.45) is 1.58. The Balaban J connectivity index is 2.47. The first kappa shape index (κ1) is 14.5. The van der Waals surface area contributed by atoms with Crippen LogP contribution in [0.15, 0.2) is 16.1 Å². The largest absolute Gasteiger partial charge is 0.261 e. The van der Waals surface area contributed by atoms with Crippen LogP contribution in [0.5, 0.6) is 0 Å². The van der Waals surface area contributed by atoms with Gasteiger partial charge >= 0.3 is 0 Å². The topological polar surface area (TPSA) is 67.4 Å². The Labute approximate surface area is 123 Å². The molecule has 0 amide bonds. The average molecular weight is 287 g/mol. The Morgan fingerprint density at radius 2 is 2.05 bits per heavy atom. The molecule has 0 N–H and O–H groups in total. The Kier molecular flexibility index (Phi) is 4.40. The molecule has 0 atom stereocenters. The van der Waals surface area contributed by atoms with Crippen LogP contribution < -0.4 is 0 Å². The molecule has 0 aliphatic carbocycles. The van der Waals surface area contributed by atoms with Crippen LogP contribution in [0.25, 0.3) is 0 Å². The van der Waals surface area contributed by atoms with E-state index in [0.29, 0.717) is 10.6 Å². The standard InChI is InChI=1S/C14H17N5S/c1-5-10-11(8-15)14(17-16-12(10)6-2)20-13-7-9(3)18-19(13)4/h7H,5-6H2,1-4H3. The lowest BCUT2D eigenvalue weighted by molar-refractivity contribution is 0.691. The molecule has 0 aliphatic heterocycles. The molecule has 0 aromatic carbocycles. The van der Waals surface area contributed by atoms with E-state index in [1.165, 1.54) is 11.8 Å². The number of nitriles is 1. The van der Waals surface area contributed by atoms with Crippen molar-refractivity contribution in [2.45, 2.75) is 43.7 Å². The first-order chi connectivity index (χ1) is 9.60. The van der Waals surface area contributed by atoms with Gasteiger partial charge in [-0.05, 0) is 43.2 Å². The van der Waals surface area contributed by atoms with Crippen molar-refractivity contribution in [3.63, 3.8) is 0 Å². The van der Waals surface area contributed by atoms with E-state index in [1.807, 2.05) is 33.9 Å². The van der Waals surface area contributed by atoms with Crippen molar-refractivity contribution in [3.05, 3.63) is 28.6 Å². The van der Waals surface area contributed by atoms with Crippen molar-refractivity contribution < 1.29 is 0 Å². The summed E-state index contributed by atoms with van der Waals surface area (Å²) in [6, 6.07) is 4.26. The van der Waals surface area contributed by atoms with Gasteiger partial charge in [0.2, 0.25) is 0 Å². The van der Waals surface area contributed by atoms with Crippen LogP contribution >= 0.6 is 11.8 Å². The molecular formula is C14H17N5S. The molecule has 6 heteroatoms. The molecule has 20 heavy (non-hydrogen) atoms. The Morgan fingerprint density at radius 3 is 2.55 bits per heavy atom. The molecule has 5 nitrogen and oxygen atoms in total. The molecule has 0 spiro atoms. The molecule has 2 aromatic heterocycles. The summed E-state index contributed by atoms with van der Waals surface area (Å²) in [5, 5.41) is 23.8. The molecule has 0 bridgehead atoms. The molecule has 104 valence electrons. The highest BCUT2D eigenvalue weighted by molar-refractivity contribution is 7.99. The van der Waals surface area contributed by atoms with Gasteiger partial charge in [-0.2, -0.15) is 15.5 Å². The fraction of sp³-hybridized carbons (Fsp3) is 0.429. The first-order valence-corrected chi connectivity index (χ1v) is 7.39. The van der Waals surface area contributed by atoms with Gasteiger partial charge < -0.3 is 0 Å². The molecule has 2 heterocycles. The minimum absolute atomic E-state index is 0.642. The van der Waals surface area contributed by atoms with E-state index < -0.39 is 0 Å². The third-order valence-corrected chi connectivity index (χ3v) is 4.16. The zero-order chi connectivity index (χ0) is 14.7. The highest BCUT2D eigenvalue weighted by Gasteiger charge is 2.16. The van der Waals surface area contributed by atoms with Crippen LogP contribution in [0.2, 0.25) is 0 Å². The summed E-state index contributed by atoms with van der Waals surface area (Å²) in [6.45, 7) is 6.01. The molecule has 0 unspecified atom stereocenters. The van der Waals surface area contributed by atoms with E-state index in [-0.39, 0.29) is 0 Å². The van der Waals surface area contributed by atoms with E-state index in [1.54, 1.807) is 4.68 Å². The van der Waals surface area contributed by atoms with Gasteiger partial charge in [-0.1, -0.05) is 13.8 Å². The second-order valence-electron chi connectivity index (χ2n) is 4.47. The van der Waals surface area contributed by atoms with Crippen molar-refractivity contribution in [3.8, 4) is 6.07 Å². The highest BCUT2D eigenvalue weighted by Crippen LogP contribution is 2.30. The number of nitrogens with zero attached hydrogens (tertiary/aromatic N) is 5. The van der Waals surface area contributed by atoms with Gasteiger partial charge in [-0.25, -0.2) is 0 Å². The van der Waals surface area contributed by atoms with Gasteiger partial charge in [0.15, 0.2) is 0 Å². The van der Waals surface area contributed by atoms with Crippen molar-refractivity contribution in [2.75, 3.05) is 0 Å². The molecule has 2 aromatic rings. The smallest absolute Gasteiger partial charge is 0.143 e. The normalized spacial score (nSPS) is 10.6. The summed E-state index contributed by atoms with van der Waals surface area (Å²) in [5.74, 6) is 0. The van der Waals surface area contributed by atoms with Gasteiger partial charge in [-0.3, -0.25) is 4.68 Å². The predicted octanol–water partition coefficient (Wildman–Crippen LogP) is 2.67. The van der Waals surface area contributed by atoms with Gasteiger partial charge in [-0.15, -0.1) is 5.10 Å². The first-order valence-electron chi connectivity index (χ1n) is 6.57. The molecule has 2 rings (SSSR count). The minimum Gasteiger partial charge on any atom is -0.261 e. The molecule has 0 saturated carbocycles. The van der Waals surface area contributed by atoms with E-state index in [4.69, 9.17) is 0 Å². The van der Waals surface area contributed by atoms with E-state index in [0.717, 1.165) is 34.8 Å². The number of aryl methyl sites for hydroxylation is 3. The predicted molar refractivity (Wildman–Crippen MR) is 77.6 cm³/mol. The zero-order valence-corrected chi connectivity index (χ0v) is 13.0. The maximum absolute atomic E-state index is 9.45. The highest BCUT2D eigenvalue weighted by atomic mass is 32.2. The van der Waals surface area contributed by atoms with E-state index >= 15 is 0 Å². The maximum atomic E-state index is 9.45. The number of hydrogen-bond acceptors (Lipinski definition) is 5. The van der Waals surface area contributed by atoms with Crippen molar-refractivity contribution in [1.29, 1.82) is 5.26 Å². The fourth-order valence-electron chi connectivity index (χ4n) is 2.12. The van der Waals surface area contributed by atoms with Gasteiger partial charge in [0, 0.05) is 7.05 Å². The second kappa shape index (κ2) is 6.06. The quantitative estimate of drug-likeness (QED) is 0.864. The van der Waals surface area contributed by atoms with Crippen LogP contribution in [-0.2, 0) is 19.9 Å². The third-order valence-electron chi connectivity index (χ3n) is 3.09. The summed E-state index contributed by atoms with van der Waals surface area (Å²) in [5.41, 5.74) is 3.51. The maximum Gasteiger partial charge on any atom is 0.143 e. The summed E-state index contributed by atoms with van der Waals surface area (Å²) >= 11 is 1.44. The van der Waals surface area contributed by atoms with Gasteiger partial charge in [0.05, 0.1) is 17.0 Å². The lowest BCUT2D eigenvalue weighted by atomic mass is 10.1. The minimum atomic E-state index is 0.642. The van der Waals surface area contributed by atoms with E-state index in [2.05, 4.69) is 21.4 Å². The van der Waals surface area contributed by atoms with Crippen LogP contribution in [-0.4, -0.2) is 20.0 Å². The fourth-order valence-corrected chi connectivity index (χ4v) is 3.08. The molecule has 0 fully saturated rings. The number of hydrogen-bond donors (Lipinski definition) is 0. The molecule has 0 saturated heterocycles.